The van der Waals surface area contributed by atoms with Crippen LogP contribution in [-0.2, 0) is 21.7 Å². The molecule has 0 bridgehead atoms. The van der Waals surface area contributed by atoms with Gasteiger partial charge in [0.15, 0.2) is 0 Å². The van der Waals surface area contributed by atoms with Gasteiger partial charge in [-0.2, -0.15) is 0 Å². The first-order chi connectivity index (χ1) is 9.35. The van der Waals surface area contributed by atoms with Gasteiger partial charge in [-0.3, -0.25) is 0 Å². The number of hydrogen-bond donors (Lipinski definition) is 0. The van der Waals surface area contributed by atoms with Crippen molar-refractivity contribution < 1.29 is 46.5 Å². The van der Waals surface area contributed by atoms with Crippen molar-refractivity contribution in [3.8, 4) is 0 Å². The zero-order chi connectivity index (χ0) is 15.6. The maximum Gasteiger partial charge on any atom is 2.00 e. The monoisotopic (exact) mass is 436 g/mol. The SMILES string of the molecule is CC(C)P.CCCC1(CCC)CCCC(PC(C)C)C1.[Cl-].[Cl-].[Ti+2]. The molecule has 0 radical (unpaired) electrons. The summed E-state index contributed by atoms with van der Waals surface area (Å²) in [5.74, 6) is 0. The van der Waals surface area contributed by atoms with Crippen molar-refractivity contribution in [3.63, 3.8) is 0 Å². The van der Waals surface area contributed by atoms with Gasteiger partial charge < -0.3 is 24.8 Å². The van der Waals surface area contributed by atoms with Crippen molar-refractivity contribution in [2.75, 3.05) is 0 Å². The average molecular weight is 437 g/mol. The van der Waals surface area contributed by atoms with Crippen LogP contribution in [0.15, 0.2) is 0 Å². The van der Waals surface area contributed by atoms with Crippen LogP contribution in [0.3, 0.4) is 0 Å². The Hall–Kier alpha value is 2.15. The second-order valence-corrected chi connectivity index (χ2v) is 11.0. The summed E-state index contributed by atoms with van der Waals surface area (Å²) in [4.78, 5) is 0. The fraction of sp³-hybridized carbons (Fsp3) is 1.00. The van der Waals surface area contributed by atoms with Crippen molar-refractivity contribution in [2.24, 2.45) is 5.41 Å². The maximum atomic E-state index is 2.66. The summed E-state index contributed by atoms with van der Waals surface area (Å²) >= 11 is 0. The van der Waals surface area contributed by atoms with Crippen LogP contribution in [-0.4, -0.2) is 17.0 Å². The molecular formula is C18H40Cl2P2Ti. The fourth-order valence-corrected chi connectivity index (χ4v) is 5.57. The Labute approximate surface area is 179 Å². The number of halogens is 2. The molecule has 0 aromatic carbocycles. The normalized spacial score (nSPS) is 19.4. The van der Waals surface area contributed by atoms with E-state index >= 15 is 0 Å². The van der Waals surface area contributed by atoms with E-state index < -0.39 is 0 Å². The Morgan fingerprint density at radius 2 is 1.48 bits per heavy atom. The average Bonchev–Trinajstić information content (AvgIpc) is 2.28. The fourth-order valence-electron chi connectivity index (χ4n) is 3.70. The molecule has 3 unspecified atom stereocenters. The molecule has 0 aromatic heterocycles. The first kappa shape index (κ1) is 32.8. The third kappa shape index (κ3) is 17.3. The van der Waals surface area contributed by atoms with Gasteiger partial charge in [0.1, 0.15) is 0 Å². The predicted molar refractivity (Wildman–Crippen MR) is 103 cm³/mol. The Morgan fingerprint density at radius 3 is 1.83 bits per heavy atom. The van der Waals surface area contributed by atoms with E-state index in [-0.39, 0.29) is 46.5 Å². The second kappa shape index (κ2) is 18.9. The van der Waals surface area contributed by atoms with Crippen molar-refractivity contribution in [2.45, 2.75) is 110 Å². The second-order valence-electron chi connectivity index (χ2n) is 7.36. The van der Waals surface area contributed by atoms with Gasteiger partial charge in [-0.1, -0.05) is 60.8 Å². The van der Waals surface area contributed by atoms with Crippen LogP contribution in [0.5, 0.6) is 0 Å². The standard InChI is InChI=1S/C15H31P.C3H9P.2ClH.Ti/c1-5-9-15(10-6-2)11-7-8-14(12-15)16-13(3)4;1-3(2)4;;;/h13-14,16H,5-12H2,1-4H3;3H,4H2,1-2H3;2*1H;/q;;;;+2/p-2. The zero-order valence-electron chi connectivity index (χ0n) is 16.2. The first-order valence-electron chi connectivity index (χ1n) is 8.87. The van der Waals surface area contributed by atoms with Gasteiger partial charge in [0.05, 0.1) is 0 Å². The third-order valence-corrected chi connectivity index (χ3v) is 5.70. The van der Waals surface area contributed by atoms with Crippen LogP contribution in [0.2, 0.25) is 0 Å². The van der Waals surface area contributed by atoms with Crippen molar-refractivity contribution in [1.29, 1.82) is 0 Å². The molecule has 0 N–H and O–H groups in total. The van der Waals surface area contributed by atoms with E-state index in [4.69, 9.17) is 0 Å². The van der Waals surface area contributed by atoms with Crippen LogP contribution in [0.1, 0.15) is 92.9 Å². The first-order valence-corrected chi connectivity index (χ1v) is 10.7. The van der Waals surface area contributed by atoms with Crippen LogP contribution in [0.4, 0.5) is 0 Å². The van der Waals surface area contributed by atoms with Crippen molar-refractivity contribution >= 4 is 17.8 Å². The van der Waals surface area contributed by atoms with E-state index in [1.54, 1.807) is 6.42 Å². The Morgan fingerprint density at radius 1 is 1.04 bits per heavy atom. The molecule has 1 aliphatic carbocycles. The van der Waals surface area contributed by atoms with Gasteiger partial charge in [-0.05, 0) is 54.5 Å². The van der Waals surface area contributed by atoms with Crippen LogP contribution in [0, 0.1) is 5.41 Å². The maximum absolute atomic E-state index is 2.66. The summed E-state index contributed by atoms with van der Waals surface area (Å²) in [6, 6.07) is 0. The quantitative estimate of drug-likeness (QED) is 0.428. The van der Waals surface area contributed by atoms with Crippen LogP contribution < -0.4 is 24.8 Å². The molecule has 1 saturated carbocycles. The summed E-state index contributed by atoms with van der Waals surface area (Å²) < 4.78 is 0. The number of hydrogen-bond acceptors (Lipinski definition) is 0. The summed E-state index contributed by atoms with van der Waals surface area (Å²) in [5, 5.41) is 0. The summed E-state index contributed by atoms with van der Waals surface area (Å²) in [7, 11) is 3.87. The van der Waals surface area contributed by atoms with Gasteiger partial charge in [0.25, 0.3) is 0 Å². The molecule has 140 valence electrons. The molecule has 0 spiro atoms. The molecule has 0 aromatic rings. The summed E-state index contributed by atoms with van der Waals surface area (Å²) in [5.41, 5.74) is 3.48. The van der Waals surface area contributed by atoms with E-state index in [0.29, 0.717) is 0 Å². The third-order valence-electron chi connectivity index (χ3n) is 4.07. The molecule has 1 aliphatic rings. The molecule has 0 heterocycles. The van der Waals surface area contributed by atoms with Gasteiger partial charge in [0, 0.05) is 0 Å². The predicted octanol–water partition coefficient (Wildman–Crippen LogP) is 0.878. The van der Waals surface area contributed by atoms with E-state index in [0.717, 1.165) is 22.4 Å². The molecular weight excluding hydrogens is 397 g/mol. The van der Waals surface area contributed by atoms with Crippen molar-refractivity contribution in [3.05, 3.63) is 0 Å². The smallest absolute Gasteiger partial charge is 1.00 e. The minimum Gasteiger partial charge on any atom is -1.00 e. The topological polar surface area (TPSA) is 0 Å². The summed E-state index contributed by atoms with van der Waals surface area (Å²) in [6.07, 6.45) is 11.8. The Bertz CT molecular complexity index is 225. The molecule has 5 heteroatoms. The van der Waals surface area contributed by atoms with Gasteiger partial charge in [-0.25, -0.2) is 0 Å². The molecule has 0 aliphatic heterocycles. The van der Waals surface area contributed by atoms with Gasteiger partial charge in [-0.15, -0.1) is 17.8 Å². The van der Waals surface area contributed by atoms with Crippen LogP contribution in [0.25, 0.3) is 0 Å². The van der Waals surface area contributed by atoms with Crippen molar-refractivity contribution in [1.82, 2.24) is 0 Å². The zero-order valence-corrected chi connectivity index (χ0v) is 21.5. The van der Waals surface area contributed by atoms with Crippen LogP contribution >= 0.6 is 17.8 Å². The minimum absolute atomic E-state index is 0. The molecule has 0 nitrogen and oxygen atoms in total. The van der Waals surface area contributed by atoms with Gasteiger partial charge in [0.2, 0.25) is 0 Å². The van der Waals surface area contributed by atoms with E-state index in [9.17, 15) is 0 Å². The van der Waals surface area contributed by atoms with Gasteiger partial charge >= 0.3 is 21.7 Å². The van der Waals surface area contributed by atoms with E-state index in [1.165, 1.54) is 53.5 Å². The van der Waals surface area contributed by atoms with E-state index in [1.807, 2.05) is 0 Å². The van der Waals surface area contributed by atoms with E-state index in [2.05, 4.69) is 50.8 Å². The molecule has 3 atom stereocenters. The molecule has 23 heavy (non-hydrogen) atoms. The molecule has 1 rings (SSSR count). The number of rotatable bonds is 6. The molecule has 0 saturated heterocycles. The summed E-state index contributed by atoms with van der Waals surface area (Å²) in [6.45, 7) is 13.8. The largest absolute Gasteiger partial charge is 2.00 e. The Balaban J connectivity index is -0.000000232. The molecule has 0 amide bonds. The molecule has 1 fully saturated rings. The minimum atomic E-state index is 0. The Kier molecular flexibility index (Phi) is 27.0.